The van der Waals surface area contributed by atoms with Gasteiger partial charge in [0.2, 0.25) is 5.91 Å². The Balaban J connectivity index is 1.16. The van der Waals surface area contributed by atoms with E-state index >= 15 is 0 Å². The average molecular weight is 928 g/mol. The number of nitrogens with one attached hydrogen (secondary N) is 1. The highest BCUT2D eigenvalue weighted by molar-refractivity contribution is 7.77. The number of hydrogen-bond acceptors (Lipinski definition) is 12. The first kappa shape index (κ1) is 47.0. The van der Waals surface area contributed by atoms with E-state index in [4.69, 9.17) is 32.3 Å². The lowest BCUT2D eigenvalue weighted by atomic mass is 9.84. The summed E-state index contributed by atoms with van der Waals surface area (Å²) >= 11 is 6.20. The summed E-state index contributed by atoms with van der Waals surface area (Å²) in [6.45, 7) is 14.5. The monoisotopic (exact) mass is 927 g/mol. The Hall–Kier alpha value is -4.55. The van der Waals surface area contributed by atoms with Gasteiger partial charge in [-0.25, -0.2) is 9.78 Å². The van der Waals surface area contributed by atoms with Gasteiger partial charge in [-0.2, -0.15) is 4.41 Å². The minimum absolute atomic E-state index is 0.0891. The number of fused-ring (bicyclic) bond motifs is 6. The Morgan fingerprint density at radius 2 is 1.85 bits per heavy atom. The highest BCUT2D eigenvalue weighted by Gasteiger charge is 2.44. The summed E-state index contributed by atoms with van der Waals surface area (Å²) in [5.41, 5.74) is 6.17. The second-order valence-electron chi connectivity index (χ2n) is 19.4. The van der Waals surface area contributed by atoms with E-state index in [0.29, 0.717) is 62.5 Å². The number of carbonyl (C=O) groups is 4. The number of ether oxygens (including phenoxy) is 2. The third-order valence-corrected chi connectivity index (χ3v) is 15.1. The topological polar surface area (TPSA) is 146 Å². The van der Waals surface area contributed by atoms with Crippen LogP contribution in [-0.2, 0) is 43.2 Å². The number of cyclic esters (lactones) is 1. The summed E-state index contributed by atoms with van der Waals surface area (Å²) in [5, 5.41) is 8.20. The van der Waals surface area contributed by atoms with Gasteiger partial charge in [-0.15, -0.1) is 11.3 Å². The predicted octanol–water partition coefficient (Wildman–Crippen LogP) is 6.61. The Labute approximate surface area is 392 Å². The first-order chi connectivity index (χ1) is 31.0. The molecule has 4 amide bonds. The number of aromatic nitrogens is 3. The molecule has 1 aromatic carbocycles. The quantitative estimate of drug-likeness (QED) is 0.132. The molecule has 17 heteroatoms. The summed E-state index contributed by atoms with van der Waals surface area (Å²) in [6.07, 6.45) is 5.56. The van der Waals surface area contributed by atoms with E-state index in [1.54, 1.807) is 25.3 Å². The van der Waals surface area contributed by atoms with Crippen molar-refractivity contribution in [3.63, 3.8) is 0 Å². The molecule has 1 aliphatic carbocycles. The van der Waals surface area contributed by atoms with Crippen molar-refractivity contribution in [2.45, 2.75) is 123 Å². The highest BCUT2D eigenvalue weighted by Crippen LogP contribution is 2.42. The zero-order valence-electron chi connectivity index (χ0n) is 39.2. The van der Waals surface area contributed by atoms with Crippen molar-refractivity contribution >= 4 is 58.9 Å². The molecule has 1 saturated carbocycles. The number of hydrazine groups is 1. The lowest BCUT2D eigenvalue weighted by Crippen LogP contribution is -2.65. The number of nitrogens with zero attached hydrogens (tertiary/aromatic N) is 8. The molecule has 6 bridgehead atoms. The SMILES string of the molecule is CCn1c(-c2cccnc2[C@H](C)OC)c2c3cc(ccc31)-c1csc(n1)C[C@H](NC(=O)[C@H](C(C)C)N(C)C(=O)N1CC(N(C)C3CC3)C1)C(=O)N1CCC[C@@H](C(=O)OCC(C)(C)C2)N1S. The van der Waals surface area contributed by atoms with Crippen LogP contribution in [0.25, 0.3) is 33.4 Å². The molecule has 4 aromatic rings. The van der Waals surface area contributed by atoms with Crippen molar-refractivity contribution in [3.8, 4) is 22.5 Å². The average Bonchev–Trinajstić information content (AvgIpc) is 3.95. The fourth-order valence-electron chi connectivity index (χ4n) is 9.85. The summed E-state index contributed by atoms with van der Waals surface area (Å²) in [5.74, 6) is -1.60. The number of carbonyl (C=O) groups excluding carboxylic acids is 4. The van der Waals surface area contributed by atoms with Crippen LogP contribution in [0.4, 0.5) is 4.79 Å². The zero-order valence-corrected chi connectivity index (χ0v) is 41.0. The minimum atomic E-state index is -1.08. The lowest BCUT2D eigenvalue weighted by Gasteiger charge is -2.46. The van der Waals surface area contributed by atoms with E-state index < -0.39 is 41.3 Å². The number of hydrogen-bond donors (Lipinski definition) is 2. The van der Waals surface area contributed by atoms with Crippen LogP contribution in [0.5, 0.6) is 0 Å². The van der Waals surface area contributed by atoms with Crippen molar-refractivity contribution in [2.24, 2.45) is 11.3 Å². The van der Waals surface area contributed by atoms with Gasteiger partial charge in [0.1, 0.15) is 18.1 Å². The first-order valence-corrected chi connectivity index (χ1v) is 24.4. The Morgan fingerprint density at radius 1 is 1.09 bits per heavy atom. The fourth-order valence-corrected chi connectivity index (χ4v) is 11.1. The van der Waals surface area contributed by atoms with Crippen LogP contribution in [0, 0.1) is 11.3 Å². The number of benzene rings is 1. The van der Waals surface area contributed by atoms with E-state index in [0.717, 1.165) is 44.7 Å². The molecule has 3 aromatic heterocycles. The van der Waals surface area contributed by atoms with Gasteiger partial charge in [0.05, 0.1) is 34.8 Å². The van der Waals surface area contributed by atoms with Gasteiger partial charge in [0, 0.05) is 97.9 Å². The van der Waals surface area contributed by atoms with Crippen molar-refractivity contribution < 1.29 is 28.7 Å². The molecule has 0 radical (unpaired) electrons. The van der Waals surface area contributed by atoms with Crippen LogP contribution in [-0.4, -0.2) is 140 Å². The number of pyridine rings is 1. The minimum Gasteiger partial charge on any atom is -0.464 e. The molecule has 65 heavy (non-hydrogen) atoms. The molecule has 4 atom stereocenters. The van der Waals surface area contributed by atoms with E-state index in [1.807, 2.05) is 32.2 Å². The molecule has 6 heterocycles. The van der Waals surface area contributed by atoms with Gasteiger partial charge in [-0.05, 0) is 88.7 Å². The van der Waals surface area contributed by atoms with Crippen molar-refractivity contribution in [1.82, 2.24) is 44.0 Å². The molecule has 0 unspecified atom stereocenters. The number of likely N-dealkylation sites (tertiary alicyclic amines) is 1. The Bertz CT molecular complexity index is 2430. The maximum absolute atomic E-state index is 14.8. The number of methoxy groups -OCH3 is 1. The fraction of sp³-hybridized carbons (Fsp3) is 0.583. The molecule has 8 rings (SSSR count). The summed E-state index contributed by atoms with van der Waals surface area (Å²) in [4.78, 5) is 72.7. The number of esters is 1. The molecule has 2 saturated heterocycles. The molecular weight excluding hydrogens is 863 g/mol. The van der Waals surface area contributed by atoms with Crippen LogP contribution in [0.2, 0.25) is 0 Å². The standard InChI is InChI=1S/C48H65N9O6S2/c1-10-55-38-18-15-30-21-34(38)35(43(55)33-13-11-19-49-41(33)29(4)62-9)23-48(5,6)27-63-46(60)39-14-12-20-56(57(39)64)45(59)36(22-40-50-37(30)26-65-40)51-44(58)42(28(2)3)53(8)47(61)54-24-32(25-54)52(7)31-16-17-31/h11,13,15,18-19,21,26,28-29,31-32,36,39,42,64H,10,12,14,16-17,20,22-25,27H2,1-9H3,(H,51,58)/t29-,36-,39-,42-/m0/s1. The summed E-state index contributed by atoms with van der Waals surface area (Å²) < 4.78 is 15.7. The molecule has 3 fully saturated rings. The predicted molar refractivity (Wildman–Crippen MR) is 255 cm³/mol. The van der Waals surface area contributed by atoms with Crippen molar-refractivity contribution in [1.29, 1.82) is 0 Å². The highest BCUT2D eigenvalue weighted by atomic mass is 32.1. The molecule has 15 nitrogen and oxygen atoms in total. The van der Waals surface area contributed by atoms with Crippen molar-refractivity contribution in [2.75, 3.05) is 47.4 Å². The first-order valence-electron chi connectivity index (χ1n) is 23.1. The molecule has 1 N–H and O–H groups in total. The normalized spacial score (nSPS) is 21.8. The van der Waals surface area contributed by atoms with E-state index in [1.165, 1.54) is 38.5 Å². The van der Waals surface area contributed by atoms with Crippen LogP contribution < -0.4 is 5.32 Å². The third kappa shape index (κ3) is 9.40. The number of aryl methyl sites for hydroxylation is 1. The Kier molecular flexibility index (Phi) is 13.7. The largest absolute Gasteiger partial charge is 0.464 e. The van der Waals surface area contributed by atoms with Gasteiger partial charge in [0.15, 0.2) is 0 Å². The molecule has 350 valence electrons. The number of likely N-dealkylation sites (N-methyl/N-ethyl adjacent to an activating group) is 2. The molecule has 4 aliphatic rings. The van der Waals surface area contributed by atoms with Gasteiger partial charge in [-0.1, -0.05) is 46.6 Å². The molecule has 0 spiro atoms. The molecular formula is C48H65N9O6S2. The van der Waals surface area contributed by atoms with Gasteiger partial charge in [0.25, 0.3) is 5.91 Å². The molecule has 3 aliphatic heterocycles. The van der Waals surface area contributed by atoms with Gasteiger partial charge in [-0.3, -0.25) is 29.3 Å². The zero-order chi connectivity index (χ0) is 46.5. The number of rotatable bonds is 10. The van der Waals surface area contributed by atoms with Crippen LogP contribution in [0.15, 0.2) is 41.9 Å². The van der Waals surface area contributed by atoms with E-state index in [2.05, 4.69) is 66.9 Å². The maximum atomic E-state index is 14.8. The second-order valence-corrected chi connectivity index (χ2v) is 20.8. The van der Waals surface area contributed by atoms with Crippen LogP contribution in [0.3, 0.4) is 0 Å². The van der Waals surface area contributed by atoms with Gasteiger partial charge >= 0.3 is 12.0 Å². The second kappa shape index (κ2) is 19.0. The number of thiazole rings is 1. The van der Waals surface area contributed by atoms with Crippen LogP contribution in [0.1, 0.15) is 89.6 Å². The number of thiol groups is 1. The van der Waals surface area contributed by atoms with E-state index in [-0.39, 0.29) is 31.1 Å². The maximum Gasteiger partial charge on any atom is 0.326 e. The lowest BCUT2D eigenvalue weighted by molar-refractivity contribution is -0.164. The third-order valence-electron chi connectivity index (χ3n) is 13.8. The number of amides is 4. The summed E-state index contributed by atoms with van der Waals surface area (Å²) in [7, 11) is 5.47. The van der Waals surface area contributed by atoms with Crippen LogP contribution >= 0.6 is 24.2 Å². The Morgan fingerprint density at radius 3 is 2.54 bits per heavy atom. The van der Waals surface area contributed by atoms with Crippen molar-refractivity contribution in [3.05, 3.63) is 58.2 Å². The summed E-state index contributed by atoms with van der Waals surface area (Å²) in [6, 6.07) is 8.38. The number of urea groups is 1. The van der Waals surface area contributed by atoms with E-state index in [9.17, 15) is 19.2 Å². The van der Waals surface area contributed by atoms with Gasteiger partial charge < -0.3 is 29.2 Å². The smallest absolute Gasteiger partial charge is 0.326 e.